The number of rotatable bonds is 4. The summed E-state index contributed by atoms with van der Waals surface area (Å²) in [5.74, 6) is 0. The number of nitrogens with zero attached hydrogens (tertiary/aromatic N) is 4. The van der Waals surface area contributed by atoms with Crippen molar-refractivity contribution in [1.29, 1.82) is 0 Å². The van der Waals surface area contributed by atoms with Gasteiger partial charge < -0.3 is 19.9 Å². The van der Waals surface area contributed by atoms with Crippen molar-refractivity contribution in [2.24, 2.45) is 0 Å². The van der Waals surface area contributed by atoms with Gasteiger partial charge in [0.1, 0.15) is 5.67 Å². The minimum Gasteiger partial charge on any atom is -0.450 e. The molecule has 1 N–H and O–H groups in total. The molecule has 2 saturated heterocycles. The molecule has 0 spiro atoms. The number of piperazine rings is 1. The molecule has 4 heterocycles. The summed E-state index contributed by atoms with van der Waals surface area (Å²) in [5, 5.41) is 7.66. The molecule has 1 atom stereocenters. The predicted octanol–water partition coefficient (Wildman–Crippen LogP) is 3.83. The van der Waals surface area contributed by atoms with Crippen molar-refractivity contribution in [3.8, 4) is 11.1 Å². The molecule has 0 bridgehead atoms. The van der Waals surface area contributed by atoms with Crippen LogP contribution < -0.4 is 10.2 Å². The number of hydrogen-bond donors (Lipinski definition) is 1. The SMILES string of the molecule is CCOC(=O)N1CCN(c2ccnn3cc(-c4ccc([C@@]5(F)CCCNC5)cc4)cc23)CC1. The average Bonchev–Trinajstić information content (AvgIpc) is 3.29. The van der Waals surface area contributed by atoms with Gasteiger partial charge in [-0.25, -0.2) is 13.7 Å². The summed E-state index contributed by atoms with van der Waals surface area (Å²) in [6.45, 7) is 6.20. The minimum absolute atomic E-state index is 0.246. The number of anilines is 1. The zero-order valence-corrected chi connectivity index (χ0v) is 19.0. The Morgan fingerprint density at radius 1 is 1.15 bits per heavy atom. The third-order valence-corrected chi connectivity index (χ3v) is 6.70. The van der Waals surface area contributed by atoms with Crippen molar-refractivity contribution in [2.45, 2.75) is 25.4 Å². The molecule has 3 aromatic rings. The van der Waals surface area contributed by atoms with Crippen LogP contribution in [0.1, 0.15) is 25.3 Å². The lowest BCUT2D eigenvalue weighted by Gasteiger charge is -2.35. The van der Waals surface area contributed by atoms with Crippen LogP contribution in [0.25, 0.3) is 16.6 Å². The first-order valence-electron chi connectivity index (χ1n) is 11.7. The van der Waals surface area contributed by atoms with Crippen molar-refractivity contribution >= 4 is 17.3 Å². The highest BCUT2D eigenvalue weighted by molar-refractivity contribution is 5.80. The molecule has 2 aliphatic rings. The van der Waals surface area contributed by atoms with Crippen molar-refractivity contribution < 1.29 is 13.9 Å². The number of aromatic nitrogens is 2. The first-order valence-corrected chi connectivity index (χ1v) is 11.7. The fourth-order valence-corrected chi connectivity index (χ4v) is 4.85. The zero-order valence-electron chi connectivity index (χ0n) is 19.0. The second-order valence-corrected chi connectivity index (χ2v) is 8.77. The summed E-state index contributed by atoms with van der Waals surface area (Å²) in [5.41, 5.74) is 3.63. The van der Waals surface area contributed by atoms with E-state index in [9.17, 15) is 4.79 Å². The smallest absolute Gasteiger partial charge is 0.409 e. The van der Waals surface area contributed by atoms with Crippen molar-refractivity contribution in [1.82, 2.24) is 19.8 Å². The second kappa shape index (κ2) is 9.02. The molecule has 8 heteroatoms. The number of hydrogen-bond acceptors (Lipinski definition) is 5. The van der Waals surface area contributed by atoms with E-state index in [-0.39, 0.29) is 6.09 Å². The lowest BCUT2D eigenvalue weighted by Crippen LogP contribution is -2.49. The zero-order chi connectivity index (χ0) is 22.8. The molecule has 33 heavy (non-hydrogen) atoms. The highest BCUT2D eigenvalue weighted by Crippen LogP contribution is 2.35. The van der Waals surface area contributed by atoms with Gasteiger partial charge >= 0.3 is 6.09 Å². The molecule has 2 aliphatic heterocycles. The molecule has 174 valence electrons. The lowest BCUT2D eigenvalue weighted by molar-refractivity contribution is 0.105. The van der Waals surface area contributed by atoms with Crippen LogP contribution in [0.3, 0.4) is 0 Å². The van der Waals surface area contributed by atoms with Gasteiger partial charge in [-0.3, -0.25) is 0 Å². The number of piperidine rings is 1. The van der Waals surface area contributed by atoms with Gasteiger partial charge in [0.05, 0.1) is 17.8 Å². The molecular weight excluding hydrogens is 421 g/mol. The van der Waals surface area contributed by atoms with Gasteiger partial charge in [-0.15, -0.1) is 0 Å². The maximum Gasteiger partial charge on any atom is 0.409 e. The summed E-state index contributed by atoms with van der Waals surface area (Å²) in [7, 11) is 0. The number of carbonyl (C=O) groups excluding carboxylic acids is 1. The van der Waals surface area contributed by atoms with Gasteiger partial charge in [-0.2, -0.15) is 5.10 Å². The Hall–Kier alpha value is -3.13. The molecule has 5 rings (SSSR count). The fraction of sp³-hybridized carbons (Fsp3) is 0.440. The molecule has 0 saturated carbocycles. The molecule has 7 nitrogen and oxygen atoms in total. The monoisotopic (exact) mass is 451 g/mol. The molecule has 0 unspecified atom stereocenters. The van der Waals surface area contributed by atoms with Crippen LogP contribution in [0.15, 0.2) is 48.8 Å². The third kappa shape index (κ3) is 4.27. The van der Waals surface area contributed by atoms with Crippen molar-refractivity contribution in [3.05, 3.63) is 54.4 Å². The third-order valence-electron chi connectivity index (χ3n) is 6.70. The highest BCUT2D eigenvalue weighted by atomic mass is 19.1. The number of amides is 1. The topological polar surface area (TPSA) is 62.1 Å². The van der Waals surface area contributed by atoms with Crippen LogP contribution >= 0.6 is 0 Å². The maximum absolute atomic E-state index is 15.3. The highest BCUT2D eigenvalue weighted by Gasteiger charge is 2.33. The molecule has 0 aliphatic carbocycles. The number of benzene rings is 1. The second-order valence-electron chi connectivity index (χ2n) is 8.77. The van der Waals surface area contributed by atoms with Crippen LogP contribution in [0.4, 0.5) is 14.9 Å². The van der Waals surface area contributed by atoms with Crippen LogP contribution in [0.2, 0.25) is 0 Å². The van der Waals surface area contributed by atoms with E-state index in [4.69, 9.17) is 4.74 Å². The van der Waals surface area contributed by atoms with Crippen molar-refractivity contribution in [3.63, 3.8) is 0 Å². The molecule has 2 aromatic heterocycles. The lowest BCUT2D eigenvalue weighted by atomic mass is 9.87. The Labute approximate surface area is 193 Å². The Bertz CT molecular complexity index is 1120. The Kier molecular flexibility index (Phi) is 5.93. The maximum atomic E-state index is 15.3. The number of halogens is 1. The summed E-state index contributed by atoms with van der Waals surface area (Å²) < 4.78 is 22.3. The number of alkyl halides is 1. The van der Waals surface area contributed by atoms with Gasteiger partial charge in [0.2, 0.25) is 0 Å². The Morgan fingerprint density at radius 3 is 2.64 bits per heavy atom. The van der Waals surface area contributed by atoms with Gasteiger partial charge in [-0.05, 0) is 49.6 Å². The quantitative estimate of drug-likeness (QED) is 0.653. The number of fused-ring (bicyclic) bond motifs is 1. The van der Waals surface area contributed by atoms with Gasteiger partial charge in [0.15, 0.2) is 0 Å². The molecule has 0 radical (unpaired) electrons. The number of carbonyl (C=O) groups is 1. The molecule has 2 fully saturated rings. The van der Waals surface area contributed by atoms with E-state index in [2.05, 4.69) is 21.4 Å². The summed E-state index contributed by atoms with van der Waals surface area (Å²) in [6.07, 6.45) is 4.98. The van der Waals surface area contributed by atoms with E-state index in [1.165, 1.54) is 0 Å². The number of nitrogens with one attached hydrogen (secondary N) is 1. The van der Waals surface area contributed by atoms with Crippen LogP contribution in [0.5, 0.6) is 0 Å². The van der Waals surface area contributed by atoms with Gasteiger partial charge in [0.25, 0.3) is 0 Å². The largest absolute Gasteiger partial charge is 0.450 e. The predicted molar refractivity (Wildman–Crippen MR) is 126 cm³/mol. The standard InChI is InChI=1S/C25H30FN5O2/c1-2-33-24(32)30-14-12-29(13-15-30)22-8-11-28-31-17-20(16-23(22)31)19-4-6-21(7-5-19)25(26)9-3-10-27-18-25/h4-8,11,16-17,27H,2-3,9-10,12-15,18H2,1H3/t25-/m1/s1. The molecular formula is C25H30FN5O2. The van der Waals surface area contributed by atoms with E-state index >= 15 is 4.39 Å². The van der Waals surface area contributed by atoms with E-state index in [1.54, 1.807) is 11.1 Å². The van der Waals surface area contributed by atoms with Crippen LogP contribution in [-0.2, 0) is 10.4 Å². The van der Waals surface area contributed by atoms with Gasteiger partial charge in [0, 0.05) is 50.7 Å². The van der Waals surface area contributed by atoms with Gasteiger partial charge in [-0.1, -0.05) is 24.3 Å². The Morgan fingerprint density at radius 2 is 1.94 bits per heavy atom. The van der Waals surface area contributed by atoms with E-state index in [0.29, 0.717) is 32.7 Å². The fourth-order valence-electron chi connectivity index (χ4n) is 4.85. The van der Waals surface area contributed by atoms with E-state index in [0.717, 1.165) is 53.9 Å². The van der Waals surface area contributed by atoms with Crippen molar-refractivity contribution in [2.75, 3.05) is 50.8 Å². The van der Waals surface area contributed by atoms with Crippen LogP contribution in [-0.4, -0.2) is 66.5 Å². The Balaban J connectivity index is 1.36. The number of ether oxygens (including phenoxy) is 1. The first-order chi connectivity index (χ1) is 16.1. The first kappa shape index (κ1) is 21.7. The normalized spacial score (nSPS) is 21.4. The summed E-state index contributed by atoms with van der Waals surface area (Å²) >= 11 is 0. The molecule has 1 aromatic carbocycles. The van der Waals surface area contributed by atoms with E-state index < -0.39 is 5.67 Å². The average molecular weight is 452 g/mol. The van der Waals surface area contributed by atoms with E-state index in [1.807, 2.05) is 48.0 Å². The minimum atomic E-state index is -1.29. The summed E-state index contributed by atoms with van der Waals surface area (Å²) in [4.78, 5) is 16.0. The summed E-state index contributed by atoms with van der Waals surface area (Å²) in [6, 6.07) is 12.0. The van der Waals surface area contributed by atoms with Crippen LogP contribution in [0, 0.1) is 0 Å². The molecule has 1 amide bonds.